The number of aryl methyl sites for hydroxylation is 1. The smallest absolute Gasteiger partial charge is 0.364 e. The molecular formula is C12H9F3N2O. The Bertz CT molecular complexity index is 635. The molecule has 0 radical (unpaired) electrons. The van der Waals surface area contributed by atoms with Crippen LogP contribution in [-0.4, -0.2) is 10.9 Å². The molecule has 0 saturated carbocycles. The highest BCUT2D eigenvalue weighted by atomic mass is 19.4. The van der Waals surface area contributed by atoms with E-state index in [9.17, 15) is 18.0 Å². The average molecular weight is 254 g/mol. The lowest BCUT2D eigenvalue weighted by atomic mass is 10.1. The van der Waals surface area contributed by atoms with Crippen molar-refractivity contribution in [2.24, 2.45) is 5.73 Å². The van der Waals surface area contributed by atoms with Crippen LogP contribution in [0.25, 0.3) is 10.9 Å². The number of aromatic nitrogens is 1. The Kier molecular flexibility index (Phi) is 2.73. The zero-order valence-electron chi connectivity index (χ0n) is 9.38. The first-order chi connectivity index (χ1) is 8.29. The molecule has 1 heterocycles. The van der Waals surface area contributed by atoms with Gasteiger partial charge >= 0.3 is 6.18 Å². The molecule has 0 aliphatic rings. The number of hydrogen-bond acceptors (Lipinski definition) is 2. The normalized spacial score (nSPS) is 11.8. The molecule has 0 bridgehead atoms. The summed E-state index contributed by atoms with van der Waals surface area (Å²) >= 11 is 0. The number of alkyl halides is 3. The number of rotatable bonds is 1. The summed E-state index contributed by atoms with van der Waals surface area (Å²) in [6.45, 7) is 1.61. The van der Waals surface area contributed by atoms with Crippen LogP contribution in [0.3, 0.4) is 0 Å². The highest BCUT2D eigenvalue weighted by molar-refractivity contribution is 5.94. The summed E-state index contributed by atoms with van der Waals surface area (Å²) in [7, 11) is 0. The molecular weight excluding hydrogens is 245 g/mol. The van der Waals surface area contributed by atoms with Crippen molar-refractivity contribution in [3.63, 3.8) is 0 Å². The van der Waals surface area contributed by atoms with Gasteiger partial charge in [-0.25, -0.2) is 4.98 Å². The number of benzene rings is 1. The average Bonchev–Trinajstić information content (AvgIpc) is 2.27. The van der Waals surface area contributed by atoms with E-state index in [-0.39, 0.29) is 5.69 Å². The van der Waals surface area contributed by atoms with Crippen LogP contribution >= 0.6 is 0 Å². The predicted octanol–water partition coefficient (Wildman–Crippen LogP) is 2.66. The van der Waals surface area contributed by atoms with Gasteiger partial charge in [0.25, 0.3) is 5.91 Å². The van der Waals surface area contributed by atoms with Crippen LogP contribution in [-0.2, 0) is 6.18 Å². The highest BCUT2D eigenvalue weighted by Gasteiger charge is 2.30. The van der Waals surface area contributed by atoms with E-state index in [1.54, 1.807) is 6.92 Å². The van der Waals surface area contributed by atoms with E-state index < -0.39 is 17.6 Å². The maximum atomic E-state index is 12.6. The van der Waals surface area contributed by atoms with Crippen LogP contribution in [0.4, 0.5) is 13.2 Å². The summed E-state index contributed by atoms with van der Waals surface area (Å²) in [6.07, 6.45) is -4.40. The van der Waals surface area contributed by atoms with Gasteiger partial charge in [0.05, 0.1) is 11.1 Å². The SMILES string of the molecule is Cc1cc(C(N)=O)nc2ccc(C(F)(F)F)cc12. The zero-order valence-corrected chi connectivity index (χ0v) is 9.38. The lowest BCUT2D eigenvalue weighted by molar-refractivity contribution is -0.137. The van der Waals surface area contributed by atoms with Gasteiger partial charge in [0.15, 0.2) is 0 Å². The monoisotopic (exact) mass is 254 g/mol. The summed E-state index contributed by atoms with van der Waals surface area (Å²) in [5, 5.41) is 0.356. The number of carbonyl (C=O) groups is 1. The standard InChI is InChI=1S/C12H9F3N2O/c1-6-4-10(11(16)18)17-9-3-2-7(5-8(6)9)12(13,14)15/h2-5H,1H3,(H2,16,18). The molecule has 0 fully saturated rings. The van der Waals surface area contributed by atoms with E-state index in [2.05, 4.69) is 4.98 Å². The second-order valence-corrected chi connectivity index (χ2v) is 3.92. The Morgan fingerprint density at radius 2 is 1.94 bits per heavy atom. The van der Waals surface area contributed by atoms with Gasteiger partial charge in [-0.3, -0.25) is 4.79 Å². The second-order valence-electron chi connectivity index (χ2n) is 3.92. The number of nitrogens with zero attached hydrogens (tertiary/aromatic N) is 1. The topological polar surface area (TPSA) is 56.0 Å². The van der Waals surface area contributed by atoms with E-state index in [1.165, 1.54) is 12.1 Å². The van der Waals surface area contributed by atoms with Crippen molar-refractivity contribution in [3.8, 4) is 0 Å². The van der Waals surface area contributed by atoms with Gasteiger partial charge in [0.2, 0.25) is 0 Å². The first kappa shape index (κ1) is 12.3. The minimum Gasteiger partial charge on any atom is -0.364 e. The van der Waals surface area contributed by atoms with Crippen LogP contribution in [0.2, 0.25) is 0 Å². The van der Waals surface area contributed by atoms with Crippen LogP contribution in [0, 0.1) is 6.92 Å². The molecule has 0 atom stereocenters. The van der Waals surface area contributed by atoms with Crippen molar-refractivity contribution >= 4 is 16.8 Å². The Labute approximate surface area is 100 Å². The largest absolute Gasteiger partial charge is 0.416 e. The molecule has 0 aliphatic heterocycles. The third kappa shape index (κ3) is 2.13. The summed E-state index contributed by atoms with van der Waals surface area (Å²) in [5.74, 6) is -0.708. The fraction of sp³-hybridized carbons (Fsp3) is 0.167. The van der Waals surface area contributed by atoms with Crippen LogP contribution in [0.1, 0.15) is 21.6 Å². The molecule has 18 heavy (non-hydrogen) atoms. The first-order valence-electron chi connectivity index (χ1n) is 5.07. The maximum absolute atomic E-state index is 12.6. The van der Waals surface area contributed by atoms with Gasteiger partial charge in [-0.05, 0) is 36.8 Å². The first-order valence-corrected chi connectivity index (χ1v) is 5.07. The third-order valence-electron chi connectivity index (χ3n) is 2.60. The molecule has 0 spiro atoms. The summed E-state index contributed by atoms with van der Waals surface area (Å²) in [5.41, 5.74) is 5.23. The van der Waals surface area contributed by atoms with E-state index >= 15 is 0 Å². The van der Waals surface area contributed by atoms with Crippen molar-refractivity contribution in [1.82, 2.24) is 4.98 Å². The van der Waals surface area contributed by atoms with Gasteiger partial charge in [-0.1, -0.05) is 0 Å². The molecule has 0 aliphatic carbocycles. The van der Waals surface area contributed by atoms with Crippen LogP contribution in [0.5, 0.6) is 0 Å². The fourth-order valence-corrected chi connectivity index (χ4v) is 1.70. The number of pyridine rings is 1. The van der Waals surface area contributed by atoms with Crippen molar-refractivity contribution in [1.29, 1.82) is 0 Å². The molecule has 1 aromatic carbocycles. The second kappa shape index (κ2) is 3.97. The number of carbonyl (C=O) groups excluding carboxylic acids is 1. The molecule has 1 aromatic heterocycles. The minimum absolute atomic E-state index is 0.0414. The molecule has 1 amide bonds. The minimum atomic E-state index is -4.40. The Hall–Kier alpha value is -2.11. The number of hydrogen-bond donors (Lipinski definition) is 1. The van der Waals surface area contributed by atoms with E-state index in [4.69, 9.17) is 5.73 Å². The van der Waals surface area contributed by atoms with Gasteiger partial charge in [-0.15, -0.1) is 0 Å². The quantitative estimate of drug-likeness (QED) is 0.850. The number of nitrogens with two attached hydrogens (primary N) is 1. The van der Waals surface area contributed by atoms with E-state index in [0.29, 0.717) is 16.5 Å². The van der Waals surface area contributed by atoms with Gasteiger partial charge in [-0.2, -0.15) is 13.2 Å². The van der Waals surface area contributed by atoms with Gasteiger partial charge in [0.1, 0.15) is 5.69 Å². The molecule has 94 valence electrons. The Balaban J connectivity index is 2.69. The Morgan fingerprint density at radius 3 is 2.50 bits per heavy atom. The van der Waals surface area contributed by atoms with Crippen LogP contribution < -0.4 is 5.73 Å². The molecule has 6 heteroatoms. The van der Waals surface area contributed by atoms with Crippen molar-refractivity contribution in [2.75, 3.05) is 0 Å². The van der Waals surface area contributed by atoms with E-state index in [0.717, 1.165) is 12.1 Å². The summed E-state index contributed by atoms with van der Waals surface area (Å²) in [4.78, 5) is 14.9. The van der Waals surface area contributed by atoms with Crippen molar-refractivity contribution in [3.05, 3.63) is 41.1 Å². The molecule has 2 N–H and O–H groups in total. The Morgan fingerprint density at radius 1 is 1.28 bits per heavy atom. The van der Waals surface area contributed by atoms with Crippen molar-refractivity contribution in [2.45, 2.75) is 13.1 Å². The van der Waals surface area contributed by atoms with E-state index in [1.807, 2.05) is 0 Å². The molecule has 0 saturated heterocycles. The molecule has 0 unspecified atom stereocenters. The zero-order chi connectivity index (χ0) is 13.5. The molecule has 2 rings (SSSR count). The fourth-order valence-electron chi connectivity index (χ4n) is 1.70. The number of fused-ring (bicyclic) bond motifs is 1. The highest BCUT2D eigenvalue weighted by Crippen LogP contribution is 2.31. The van der Waals surface area contributed by atoms with Crippen molar-refractivity contribution < 1.29 is 18.0 Å². The lowest BCUT2D eigenvalue weighted by Crippen LogP contribution is -2.13. The predicted molar refractivity (Wildman–Crippen MR) is 60.0 cm³/mol. The lowest BCUT2D eigenvalue weighted by Gasteiger charge is -2.09. The maximum Gasteiger partial charge on any atom is 0.416 e. The van der Waals surface area contributed by atoms with Gasteiger partial charge < -0.3 is 5.73 Å². The number of amides is 1. The van der Waals surface area contributed by atoms with Crippen LogP contribution in [0.15, 0.2) is 24.3 Å². The number of halogens is 3. The summed E-state index contributed by atoms with van der Waals surface area (Å²) < 4.78 is 37.7. The molecule has 2 aromatic rings. The third-order valence-corrected chi connectivity index (χ3v) is 2.60. The summed E-state index contributed by atoms with van der Waals surface area (Å²) in [6, 6.07) is 4.56. The number of primary amides is 1. The van der Waals surface area contributed by atoms with Gasteiger partial charge in [0, 0.05) is 5.39 Å². The molecule has 3 nitrogen and oxygen atoms in total.